The van der Waals surface area contributed by atoms with E-state index >= 15 is 0 Å². The number of nitrogens with zero attached hydrogens (tertiary/aromatic N) is 1. The van der Waals surface area contributed by atoms with Crippen molar-refractivity contribution in [2.24, 2.45) is 0 Å². The van der Waals surface area contributed by atoms with Crippen LogP contribution in [0.25, 0.3) is 0 Å². The van der Waals surface area contributed by atoms with Gasteiger partial charge in [0.15, 0.2) is 11.5 Å². The molecular formula is C17H16Cl2N2O4. The molecule has 0 spiro atoms. The second-order valence-electron chi connectivity index (χ2n) is 5.75. The Bertz CT molecular complexity index is 815. The molecule has 6 nitrogen and oxygen atoms in total. The Morgan fingerprint density at radius 2 is 2.08 bits per heavy atom. The number of hydrogen-bond acceptors (Lipinski definition) is 5. The predicted molar refractivity (Wildman–Crippen MR) is 93.6 cm³/mol. The molecule has 1 fully saturated rings. The molecule has 0 aliphatic heterocycles. The molecule has 1 saturated carbocycles. The van der Waals surface area contributed by atoms with E-state index < -0.39 is 6.09 Å². The van der Waals surface area contributed by atoms with Crippen molar-refractivity contribution in [2.45, 2.75) is 32.1 Å². The number of benzene rings is 1. The van der Waals surface area contributed by atoms with Gasteiger partial charge in [-0.05, 0) is 31.4 Å². The highest BCUT2D eigenvalue weighted by molar-refractivity contribution is 6.44. The van der Waals surface area contributed by atoms with Gasteiger partial charge in [0.05, 0.1) is 34.1 Å². The third-order valence-electron chi connectivity index (χ3n) is 3.79. The fourth-order valence-electron chi connectivity index (χ4n) is 2.40. The van der Waals surface area contributed by atoms with Crippen molar-refractivity contribution in [2.75, 3.05) is 11.9 Å². The molecule has 1 aliphatic carbocycles. The van der Waals surface area contributed by atoms with E-state index in [9.17, 15) is 9.59 Å². The number of carbonyl (C=O) groups is 2. The zero-order chi connectivity index (χ0) is 18.0. The van der Waals surface area contributed by atoms with Crippen LogP contribution in [-0.2, 0) is 4.74 Å². The molecule has 1 aromatic carbocycles. The van der Waals surface area contributed by atoms with Gasteiger partial charge in [0.2, 0.25) is 0 Å². The van der Waals surface area contributed by atoms with Crippen molar-refractivity contribution in [3.8, 4) is 0 Å². The summed E-state index contributed by atoms with van der Waals surface area (Å²) < 4.78 is 10.2. The van der Waals surface area contributed by atoms with Crippen LogP contribution in [0.3, 0.4) is 0 Å². The Morgan fingerprint density at radius 3 is 2.76 bits per heavy atom. The zero-order valence-corrected chi connectivity index (χ0v) is 15.0. The van der Waals surface area contributed by atoms with Crippen LogP contribution in [0.1, 0.15) is 53.8 Å². The number of aromatic nitrogens is 1. The highest BCUT2D eigenvalue weighted by atomic mass is 35.5. The number of anilines is 1. The maximum Gasteiger partial charge on any atom is 0.411 e. The molecule has 0 unspecified atom stereocenters. The molecule has 2 aromatic rings. The number of ether oxygens (including phenoxy) is 1. The van der Waals surface area contributed by atoms with E-state index in [0.29, 0.717) is 17.7 Å². The summed E-state index contributed by atoms with van der Waals surface area (Å²) in [6.07, 6.45) is 3.29. The highest BCUT2D eigenvalue weighted by Crippen LogP contribution is 2.43. The summed E-state index contributed by atoms with van der Waals surface area (Å²) >= 11 is 12.2. The lowest BCUT2D eigenvalue weighted by Crippen LogP contribution is -2.17. The van der Waals surface area contributed by atoms with Gasteiger partial charge in [0.1, 0.15) is 0 Å². The lowest BCUT2D eigenvalue weighted by molar-refractivity contribution is 0.103. The molecule has 1 N–H and O–H groups in total. The zero-order valence-electron chi connectivity index (χ0n) is 13.5. The molecule has 3 rings (SSSR count). The Kier molecular flexibility index (Phi) is 5.30. The van der Waals surface area contributed by atoms with Crippen molar-refractivity contribution in [3.05, 3.63) is 45.3 Å². The molecule has 0 radical (unpaired) electrons. The smallest absolute Gasteiger partial charge is 0.411 e. The fraction of sp³-hybridized carbons (Fsp3) is 0.353. The first-order valence-electron chi connectivity index (χ1n) is 7.94. The largest absolute Gasteiger partial charge is 0.449 e. The van der Waals surface area contributed by atoms with Crippen LogP contribution in [0.5, 0.6) is 0 Å². The first kappa shape index (κ1) is 17.8. The topological polar surface area (TPSA) is 81.4 Å². The predicted octanol–water partition coefficient (Wildman–Crippen LogP) is 5.05. The summed E-state index contributed by atoms with van der Waals surface area (Å²) in [5, 5.41) is 6.54. The molecule has 1 aliphatic rings. The highest BCUT2D eigenvalue weighted by Gasteiger charge is 2.33. The molecule has 132 valence electrons. The Morgan fingerprint density at radius 1 is 1.32 bits per heavy atom. The van der Waals surface area contributed by atoms with Crippen molar-refractivity contribution in [3.63, 3.8) is 0 Å². The van der Waals surface area contributed by atoms with E-state index in [-0.39, 0.29) is 39.6 Å². The summed E-state index contributed by atoms with van der Waals surface area (Å²) in [6, 6.07) is 3.01. The van der Waals surface area contributed by atoms with Gasteiger partial charge in [0.25, 0.3) is 0 Å². The maximum atomic E-state index is 12.9. The van der Waals surface area contributed by atoms with Gasteiger partial charge in [-0.2, -0.15) is 0 Å². The van der Waals surface area contributed by atoms with Gasteiger partial charge < -0.3 is 9.26 Å². The molecular weight excluding hydrogens is 367 g/mol. The van der Waals surface area contributed by atoms with Crippen LogP contribution in [0.4, 0.5) is 10.5 Å². The average molecular weight is 383 g/mol. The molecule has 0 atom stereocenters. The Hall–Kier alpha value is -2.05. The van der Waals surface area contributed by atoms with Crippen LogP contribution >= 0.6 is 23.2 Å². The minimum Gasteiger partial charge on any atom is -0.449 e. The lowest BCUT2D eigenvalue weighted by atomic mass is 10.0. The normalized spacial score (nSPS) is 13.6. The first-order chi connectivity index (χ1) is 12.0. The Balaban J connectivity index is 1.94. The number of carbonyl (C=O) groups excluding carboxylic acids is 2. The summed E-state index contributed by atoms with van der Waals surface area (Å²) in [6.45, 7) is 2.13. The minimum absolute atomic E-state index is 0.0744. The molecule has 1 aromatic heterocycles. The molecule has 8 heteroatoms. The first-order valence-corrected chi connectivity index (χ1v) is 8.69. The maximum absolute atomic E-state index is 12.9. The third kappa shape index (κ3) is 3.80. The number of ketones is 1. The van der Waals surface area contributed by atoms with E-state index in [1.54, 1.807) is 0 Å². The van der Waals surface area contributed by atoms with Crippen molar-refractivity contribution in [1.82, 2.24) is 5.16 Å². The fourth-order valence-corrected chi connectivity index (χ4v) is 2.77. The SMILES string of the molecule is CCCOC(=O)Nc1c(C(=O)c2cnoc2C2CC2)ccc(Cl)c1Cl. The van der Waals surface area contributed by atoms with E-state index in [4.69, 9.17) is 32.5 Å². The van der Waals surface area contributed by atoms with Crippen molar-refractivity contribution >= 4 is 40.8 Å². The van der Waals surface area contributed by atoms with Gasteiger partial charge in [-0.3, -0.25) is 10.1 Å². The summed E-state index contributed by atoms with van der Waals surface area (Å²) in [5.41, 5.74) is 0.682. The van der Waals surface area contributed by atoms with Crippen LogP contribution in [0.2, 0.25) is 10.0 Å². The van der Waals surface area contributed by atoms with Crippen molar-refractivity contribution < 1.29 is 18.8 Å². The number of halogens is 2. The van der Waals surface area contributed by atoms with E-state index in [0.717, 1.165) is 12.8 Å². The van der Waals surface area contributed by atoms with E-state index in [1.165, 1.54) is 18.3 Å². The number of amides is 1. The standard InChI is InChI=1S/C17H16Cl2N2O4/c1-2-7-24-17(23)21-14-10(5-6-12(18)13(14)19)15(22)11-8-20-25-16(11)9-3-4-9/h5-6,8-9H,2-4,7H2,1H3,(H,21,23). The minimum atomic E-state index is -0.701. The second-order valence-corrected chi connectivity index (χ2v) is 6.54. The van der Waals surface area contributed by atoms with Crippen LogP contribution in [0, 0.1) is 0 Å². The number of hydrogen-bond donors (Lipinski definition) is 1. The molecule has 0 saturated heterocycles. The van der Waals surface area contributed by atoms with Crippen LogP contribution < -0.4 is 5.32 Å². The quantitative estimate of drug-likeness (QED) is 0.706. The average Bonchev–Trinajstić information content (AvgIpc) is 3.33. The van der Waals surface area contributed by atoms with Gasteiger partial charge in [0, 0.05) is 11.5 Å². The second kappa shape index (κ2) is 7.45. The monoisotopic (exact) mass is 382 g/mol. The van der Waals surface area contributed by atoms with Crippen LogP contribution in [0.15, 0.2) is 22.9 Å². The van der Waals surface area contributed by atoms with Gasteiger partial charge in [-0.15, -0.1) is 0 Å². The van der Waals surface area contributed by atoms with E-state index in [1.807, 2.05) is 6.92 Å². The summed E-state index contributed by atoms with van der Waals surface area (Å²) in [5.74, 6) is 0.443. The number of nitrogens with one attached hydrogen (secondary N) is 1. The van der Waals surface area contributed by atoms with E-state index in [2.05, 4.69) is 10.5 Å². The summed E-state index contributed by atoms with van der Waals surface area (Å²) in [7, 11) is 0. The molecule has 0 bridgehead atoms. The third-order valence-corrected chi connectivity index (χ3v) is 4.60. The van der Waals surface area contributed by atoms with Crippen LogP contribution in [-0.4, -0.2) is 23.6 Å². The molecule has 25 heavy (non-hydrogen) atoms. The molecule has 1 amide bonds. The van der Waals surface area contributed by atoms with Gasteiger partial charge in [-0.25, -0.2) is 4.79 Å². The lowest BCUT2D eigenvalue weighted by Gasteiger charge is -2.13. The Labute approximate surface area is 154 Å². The summed E-state index contributed by atoms with van der Waals surface area (Å²) in [4.78, 5) is 24.9. The molecule has 1 heterocycles. The number of rotatable bonds is 6. The van der Waals surface area contributed by atoms with Gasteiger partial charge in [-0.1, -0.05) is 35.3 Å². The van der Waals surface area contributed by atoms with Gasteiger partial charge >= 0.3 is 6.09 Å². The van der Waals surface area contributed by atoms with Crippen molar-refractivity contribution in [1.29, 1.82) is 0 Å².